The number of rotatable bonds is 7. The molecule has 4 nitrogen and oxygen atoms in total. The highest BCUT2D eigenvalue weighted by Crippen LogP contribution is 2.63. The van der Waals surface area contributed by atoms with Gasteiger partial charge in [-0.2, -0.15) is 0 Å². The third-order valence-corrected chi connectivity index (χ3v) is 8.51. The van der Waals surface area contributed by atoms with Crippen molar-refractivity contribution in [1.82, 2.24) is 4.90 Å². The van der Waals surface area contributed by atoms with Crippen molar-refractivity contribution < 1.29 is 14.6 Å². The minimum atomic E-state index is 0.292. The Morgan fingerprint density at radius 3 is 2.72 bits per heavy atom. The molecule has 2 saturated carbocycles. The maximum Gasteiger partial charge on any atom is 0.160 e. The molecule has 3 aliphatic carbocycles. The average Bonchev–Trinajstić information content (AvgIpc) is 3.03. The molecule has 0 heterocycles. The third-order valence-electron chi connectivity index (χ3n) is 8.51. The van der Waals surface area contributed by atoms with E-state index in [9.17, 15) is 5.11 Å². The van der Waals surface area contributed by atoms with E-state index < -0.39 is 0 Å². The van der Waals surface area contributed by atoms with E-state index in [1.165, 1.54) is 49.7 Å². The monoisotopic (exact) mass is 401 g/mol. The fourth-order valence-electron chi connectivity index (χ4n) is 6.91. The Hall–Kier alpha value is -1.26. The Bertz CT molecular complexity index is 718. The summed E-state index contributed by atoms with van der Waals surface area (Å²) in [5.74, 6) is 4.00. The molecule has 4 rings (SSSR count). The molecule has 4 heteroatoms. The number of methoxy groups -OCH3 is 1. The van der Waals surface area contributed by atoms with E-state index in [2.05, 4.69) is 32.0 Å². The lowest BCUT2D eigenvalue weighted by Crippen LogP contribution is -2.42. The highest BCUT2D eigenvalue weighted by atomic mass is 16.5. The van der Waals surface area contributed by atoms with Gasteiger partial charge in [0, 0.05) is 13.2 Å². The Labute approximate surface area is 176 Å². The summed E-state index contributed by atoms with van der Waals surface area (Å²) in [7, 11) is 5.86. The number of benzene rings is 1. The molecule has 3 aliphatic rings. The predicted molar refractivity (Wildman–Crippen MR) is 117 cm³/mol. The van der Waals surface area contributed by atoms with E-state index in [1.54, 1.807) is 7.11 Å². The molecule has 0 bridgehead atoms. The van der Waals surface area contributed by atoms with Gasteiger partial charge in [-0.15, -0.1) is 0 Å². The van der Waals surface area contributed by atoms with E-state index in [-0.39, 0.29) is 0 Å². The van der Waals surface area contributed by atoms with Crippen LogP contribution in [-0.4, -0.2) is 51.0 Å². The van der Waals surface area contributed by atoms with E-state index in [4.69, 9.17) is 9.47 Å². The summed E-state index contributed by atoms with van der Waals surface area (Å²) < 4.78 is 11.4. The van der Waals surface area contributed by atoms with Crippen molar-refractivity contribution in [2.75, 3.05) is 41.0 Å². The van der Waals surface area contributed by atoms with Crippen LogP contribution >= 0.6 is 0 Å². The van der Waals surface area contributed by atoms with Gasteiger partial charge < -0.3 is 19.5 Å². The zero-order valence-corrected chi connectivity index (χ0v) is 18.7. The van der Waals surface area contributed by atoms with Crippen LogP contribution < -0.4 is 4.74 Å². The standard InChI is InChI=1S/C25H39NO3/c1-25-11-9-19-20(7-5-17-15-23(27)24(28-4)16-21(17)19)22(25)8-6-18(25)10-13-29-14-12-26(2)3/h15-16,18-20,22,27H,5-14H2,1-4H3/t18-,19?,20?,22?,25?/m1/s1. The SMILES string of the molecule is COc1cc2c(cc1O)CCC1C2CCC2(C)C1CC[C@@H]2CCOCCN(C)C. The second-order valence-electron chi connectivity index (χ2n) is 10.2. The van der Waals surface area contributed by atoms with Crippen molar-refractivity contribution in [2.45, 2.75) is 57.8 Å². The fourth-order valence-corrected chi connectivity index (χ4v) is 6.91. The number of fused-ring (bicyclic) bond motifs is 5. The molecule has 5 atom stereocenters. The first-order valence-electron chi connectivity index (χ1n) is 11.6. The summed E-state index contributed by atoms with van der Waals surface area (Å²) in [4.78, 5) is 2.18. The first-order valence-corrected chi connectivity index (χ1v) is 11.6. The molecule has 1 aromatic rings. The summed E-state index contributed by atoms with van der Waals surface area (Å²) >= 11 is 0. The van der Waals surface area contributed by atoms with Crippen LogP contribution in [0.2, 0.25) is 0 Å². The predicted octanol–water partition coefficient (Wildman–Crippen LogP) is 4.84. The molecule has 0 spiro atoms. The summed E-state index contributed by atoms with van der Waals surface area (Å²) in [6.45, 7) is 5.34. The number of nitrogens with zero attached hydrogens (tertiary/aromatic N) is 1. The summed E-state index contributed by atoms with van der Waals surface area (Å²) in [5.41, 5.74) is 3.27. The average molecular weight is 402 g/mol. The van der Waals surface area contributed by atoms with Gasteiger partial charge >= 0.3 is 0 Å². The zero-order valence-electron chi connectivity index (χ0n) is 18.7. The highest BCUT2D eigenvalue weighted by Gasteiger charge is 2.54. The molecule has 0 aromatic heterocycles. The Kier molecular flexibility index (Phi) is 6.13. The van der Waals surface area contributed by atoms with Gasteiger partial charge in [0.2, 0.25) is 0 Å². The summed E-state index contributed by atoms with van der Waals surface area (Å²) in [6, 6.07) is 4.09. The Balaban J connectivity index is 1.44. The van der Waals surface area contributed by atoms with Crippen LogP contribution in [0.5, 0.6) is 11.5 Å². The van der Waals surface area contributed by atoms with Gasteiger partial charge in [-0.1, -0.05) is 6.92 Å². The molecule has 4 unspecified atom stereocenters. The molecule has 1 N–H and O–H groups in total. The van der Waals surface area contributed by atoms with Crippen molar-refractivity contribution in [2.24, 2.45) is 23.2 Å². The molecule has 1 aromatic carbocycles. The van der Waals surface area contributed by atoms with Gasteiger partial charge in [-0.05, 0) is 111 Å². The van der Waals surface area contributed by atoms with E-state index in [0.29, 0.717) is 22.8 Å². The van der Waals surface area contributed by atoms with Gasteiger partial charge in [-0.3, -0.25) is 0 Å². The zero-order chi connectivity index (χ0) is 20.6. The van der Waals surface area contributed by atoms with E-state index in [1.807, 2.05) is 6.07 Å². The van der Waals surface area contributed by atoms with Crippen molar-refractivity contribution >= 4 is 0 Å². The molecule has 2 fully saturated rings. The maximum atomic E-state index is 10.2. The van der Waals surface area contributed by atoms with E-state index in [0.717, 1.165) is 43.9 Å². The molecule has 0 amide bonds. The third kappa shape index (κ3) is 3.90. The van der Waals surface area contributed by atoms with Crippen LogP contribution in [0.3, 0.4) is 0 Å². The topological polar surface area (TPSA) is 41.9 Å². The van der Waals surface area contributed by atoms with Gasteiger partial charge in [-0.25, -0.2) is 0 Å². The minimum Gasteiger partial charge on any atom is -0.504 e. The summed E-state index contributed by atoms with van der Waals surface area (Å²) in [5, 5.41) is 10.2. The van der Waals surface area contributed by atoms with Crippen LogP contribution in [0, 0.1) is 23.2 Å². The smallest absolute Gasteiger partial charge is 0.160 e. The maximum absolute atomic E-state index is 10.2. The number of likely N-dealkylation sites (N-methyl/N-ethyl adjacent to an activating group) is 1. The first kappa shape index (κ1) is 21.0. The lowest BCUT2D eigenvalue weighted by atomic mass is 9.54. The van der Waals surface area contributed by atoms with Crippen LogP contribution in [0.1, 0.15) is 62.5 Å². The largest absolute Gasteiger partial charge is 0.504 e. The molecular weight excluding hydrogens is 362 g/mol. The molecule has 29 heavy (non-hydrogen) atoms. The second kappa shape index (κ2) is 8.47. The molecule has 162 valence electrons. The molecule has 0 radical (unpaired) electrons. The lowest BCUT2D eigenvalue weighted by Gasteiger charge is -2.51. The van der Waals surface area contributed by atoms with Crippen molar-refractivity contribution in [3.8, 4) is 11.5 Å². The number of hydrogen-bond donors (Lipinski definition) is 1. The minimum absolute atomic E-state index is 0.292. The van der Waals surface area contributed by atoms with Gasteiger partial charge in [0.1, 0.15) is 0 Å². The second-order valence-corrected chi connectivity index (χ2v) is 10.2. The summed E-state index contributed by atoms with van der Waals surface area (Å²) in [6.07, 6.45) is 8.93. The lowest BCUT2D eigenvalue weighted by molar-refractivity contribution is 0.0132. The number of aromatic hydroxyl groups is 1. The Morgan fingerprint density at radius 1 is 1.14 bits per heavy atom. The van der Waals surface area contributed by atoms with Crippen LogP contribution in [0.25, 0.3) is 0 Å². The normalized spacial score (nSPS) is 33.3. The van der Waals surface area contributed by atoms with Crippen LogP contribution in [-0.2, 0) is 11.2 Å². The Morgan fingerprint density at radius 2 is 1.97 bits per heavy atom. The van der Waals surface area contributed by atoms with Crippen LogP contribution in [0.15, 0.2) is 12.1 Å². The van der Waals surface area contributed by atoms with Crippen molar-refractivity contribution in [3.63, 3.8) is 0 Å². The van der Waals surface area contributed by atoms with Gasteiger partial charge in [0.15, 0.2) is 11.5 Å². The number of phenols is 1. The molecular formula is C25H39NO3. The van der Waals surface area contributed by atoms with Gasteiger partial charge in [0.25, 0.3) is 0 Å². The number of ether oxygens (including phenoxy) is 2. The highest BCUT2D eigenvalue weighted by molar-refractivity contribution is 5.49. The fraction of sp³-hybridized carbons (Fsp3) is 0.760. The van der Waals surface area contributed by atoms with Crippen molar-refractivity contribution in [3.05, 3.63) is 23.3 Å². The van der Waals surface area contributed by atoms with Crippen LogP contribution in [0.4, 0.5) is 0 Å². The van der Waals surface area contributed by atoms with Crippen molar-refractivity contribution in [1.29, 1.82) is 0 Å². The molecule has 0 saturated heterocycles. The number of hydrogen-bond acceptors (Lipinski definition) is 4. The number of phenolic OH excluding ortho intramolecular Hbond substituents is 1. The molecule has 0 aliphatic heterocycles. The first-order chi connectivity index (χ1) is 13.9. The quantitative estimate of drug-likeness (QED) is 0.664. The number of aryl methyl sites for hydroxylation is 1. The van der Waals surface area contributed by atoms with E-state index >= 15 is 0 Å². The van der Waals surface area contributed by atoms with Gasteiger partial charge in [0.05, 0.1) is 13.7 Å².